The van der Waals surface area contributed by atoms with Crippen LogP contribution in [0.15, 0.2) is 12.1 Å². The van der Waals surface area contributed by atoms with Gasteiger partial charge in [-0.1, -0.05) is 11.6 Å². The van der Waals surface area contributed by atoms with Crippen molar-refractivity contribution in [1.29, 1.82) is 0 Å². The minimum Gasteiger partial charge on any atom is -0.394 e. The molecular weight excluding hydrogens is 268 g/mol. The molecule has 104 valence electrons. The van der Waals surface area contributed by atoms with Gasteiger partial charge in [-0.05, 0) is 37.8 Å². The maximum atomic E-state index is 10.8. The summed E-state index contributed by atoms with van der Waals surface area (Å²) in [5, 5.41) is 20.4. The molecule has 1 aliphatic heterocycles. The number of hydrogen-bond donors (Lipinski definition) is 1. The van der Waals surface area contributed by atoms with Crippen LogP contribution < -0.4 is 4.90 Å². The van der Waals surface area contributed by atoms with Gasteiger partial charge in [0.05, 0.1) is 17.6 Å². The Morgan fingerprint density at radius 1 is 1.53 bits per heavy atom. The standard InChI is InChI=1S/C13H17ClN2O3/c1-9-6-13(16(18)19)11(14)7-12(9)15-5-3-2-4-10(15)8-17/h6-7,10,17H,2-5,8H2,1H3. The van der Waals surface area contributed by atoms with Gasteiger partial charge in [-0.15, -0.1) is 0 Å². The summed E-state index contributed by atoms with van der Waals surface area (Å²) >= 11 is 5.98. The highest BCUT2D eigenvalue weighted by atomic mass is 35.5. The van der Waals surface area contributed by atoms with Crippen LogP contribution in [0.25, 0.3) is 0 Å². The molecule has 1 aliphatic rings. The zero-order valence-electron chi connectivity index (χ0n) is 10.8. The number of halogens is 1. The number of aliphatic hydroxyl groups is 1. The number of nitro groups is 1. The van der Waals surface area contributed by atoms with E-state index in [0.29, 0.717) is 0 Å². The normalized spacial score (nSPS) is 19.5. The van der Waals surface area contributed by atoms with Crippen LogP contribution in [-0.2, 0) is 0 Å². The molecule has 19 heavy (non-hydrogen) atoms. The van der Waals surface area contributed by atoms with Crippen LogP contribution in [0.1, 0.15) is 24.8 Å². The van der Waals surface area contributed by atoms with E-state index in [0.717, 1.165) is 37.1 Å². The second-order valence-corrected chi connectivity index (χ2v) is 5.28. The third kappa shape index (κ3) is 2.82. The predicted octanol–water partition coefficient (Wildman–Crippen LogP) is 2.91. The molecule has 1 aromatic rings. The van der Waals surface area contributed by atoms with Crippen molar-refractivity contribution in [2.24, 2.45) is 0 Å². The molecule has 1 heterocycles. The Balaban J connectivity index is 2.39. The number of rotatable bonds is 3. The Morgan fingerprint density at radius 3 is 2.89 bits per heavy atom. The molecule has 1 atom stereocenters. The van der Waals surface area contributed by atoms with Crippen molar-refractivity contribution in [1.82, 2.24) is 0 Å². The van der Waals surface area contributed by atoms with Crippen LogP contribution >= 0.6 is 11.6 Å². The first-order valence-electron chi connectivity index (χ1n) is 6.36. The van der Waals surface area contributed by atoms with E-state index in [-0.39, 0.29) is 23.4 Å². The van der Waals surface area contributed by atoms with Gasteiger partial charge in [0, 0.05) is 18.3 Å². The van der Waals surface area contributed by atoms with Crippen molar-refractivity contribution in [3.63, 3.8) is 0 Å². The molecule has 1 fully saturated rings. The lowest BCUT2D eigenvalue weighted by atomic mass is 10.0. The van der Waals surface area contributed by atoms with Gasteiger partial charge in [-0.2, -0.15) is 0 Å². The number of piperidine rings is 1. The average Bonchev–Trinajstić information content (AvgIpc) is 2.40. The molecule has 0 saturated carbocycles. The number of nitrogens with zero attached hydrogens (tertiary/aromatic N) is 2. The Bertz CT molecular complexity index is 493. The number of anilines is 1. The van der Waals surface area contributed by atoms with Crippen LogP contribution in [0.2, 0.25) is 5.02 Å². The molecule has 1 saturated heterocycles. The lowest BCUT2D eigenvalue weighted by Gasteiger charge is -2.37. The summed E-state index contributed by atoms with van der Waals surface area (Å²) in [6, 6.07) is 3.22. The Labute approximate surface area is 116 Å². The highest BCUT2D eigenvalue weighted by molar-refractivity contribution is 6.33. The fourth-order valence-electron chi connectivity index (χ4n) is 2.61. The molecule has 0 radical (unpaired) electrons. The Kier molecular flexibility index (Phi) is 4.27. The second kappa shape index (κ2) is 5.75. The highest BCUT2D eigenvalue weighted by Crippen LogP contribution is 2.35. The molecule has 1 aromatic carbocycles. The third-order valence-electron chi connectivity index (χ3n) is 3.61. The van der Waals surface area contributed by atoms with Crippen LogP contribution in [-0.4, -0.2) is 29.2 Å². The van der Waals surface area contributed by atoms with Crippen molar-refractivity contribution in [2.75, 3.05) is 18.1 Å². The molecule has 0 spiro atoms. The maximum absolute atomic E-state index is 10.8. The maximum Gasteiger partial charge on any atom is 0.288 e. The summed E-state index contributed by atoms with van der Waals surface area (Å²) in [7, 11) is 0. The first kappa shape index (κ1) is 14.1. The summed E-state index contributed by atoms with van der Waals surface area (Å²) in [6.45, 7) is 2.77. The van der Waals surface area contributed by atoms with Crippen molar-refractivity contribution >= 4 is 23.0 Å². The van der Waals surface area contributed by atoms with E-state index in [4.69, 9.17) is 11.6 Å². The van der Waals surface area contributed by atoms with E-state index >= 15 is 0 Å². The van der Waals surface area contributed by atoms with E-state index in [9.17, 15) is 15.2 Å². The van der Waals surface area contributed by atoms with Crippen LogP contribution in [0.5, 0.6) is 0 Å². The molecule has 2 rings (SSSR count). The zero-order chi connectivity index (χ0) is 14.0. The highest BCUT2D eigenvalue weighted by Gasteiger charge is 2.25. The molecule has 1 unspecified atom stereocenters. The zero-order valence-corrected chi connectivity index (χ0v) is 11.6. The smallest absolute Gasteiger partial charge is 0.288 e. The third-order valence-corrected chi connectivity index (χ3v) is 3.91. The van der Waals surface area contributed by atoms with Crippen LogP contribution in [0.4, 0.5) is 11.4 Å². The first-order valence-corrected chi connectivity index (χ1v) is 6.74. The van der Waals surface area contributed by atoms with Crippen molar-refractivity contribution < 1.29 is 10.0 Å². The number of benzene rings is 1. The van der Waals surface area contributed by atoms with Gasteiger partial charge in [0.25, 0.3) is 5.69 Å². The molecular formula is C13H17ClN2O3. The SMILES string of the molecule is Cc1cc([N+](=O)[O-])c(Cl)cc1N1CCCCC1CO. The van der Waals surface area contributed by atoms with E-state index in [1.165, 1.54) is 6.07 Å². The van der Waals surface area contributed by atoms with Crippen LogP contribution in [0.3, 0.4) is 0 Å². The number of aliphatic hydroxyl groups excluding tert-OH is 1. The fourth-order valence-corrected chi connectivity index (χ4v) is 2.84. The number of nitro benzene ring substituents is 1. The number of aryl methyl sites for hydroxylation is 1. The van der Waals surface area contributed by atoms with Crippen LogP contribution in [0, 0.1) is 17.0 Å². The van der Waals surface area contributed by atoms with Gasteiger partial charge >= 0.3 is 0 Å². The average molecular weight is 285 g/mol. The Hall–Kier alpha value is -1.33. The predicted molar refractivity (Wildman–Crippen MR) is 74.9 cm³/mol. The van der Waals surface area contributed by atoms with E-state index < -0.39 is 4.92 Å². The van der Waals surface area contributed by atoms with Gasteiger partial charge in [0.2, 0.25) is 0 Å². The molecule has 0 bridgehead atoms. The lowest BCUT2D eigenvalue weighted by Crippen LogP contribution is -2.42. The molecule has 0 aromatic heterocycles. The van der Waals surface area contributed by atoms with Gasteiger partial charge in [0.15, 0.2) is 0 Å². The second-order valence-electron chi connectivity index (χ2n) is 4.87. The minimum absolute atomic E-state index is 0.0690. The fraction of sp³-hybridized carbons (Fsp3) is 0.538. The Morgan fingerprint density at radius 2 is 2.26 bits per heavy atom. The van der Waals surface area contributed by atoms with Crippen molar-refractivity contribution in [2.45, 2.75) is 32.2 Å². The summed E-state index contributed by atoms with van der Waals surface area (Å²) < 4.78 is 0. The molecule has 1 N–H and O–H groups in total. The van der Waals surface area contributed by atoms with E-state index in [1.54, 1.807) is 6.07 Å². The molecule has 5 nitrogen and oxygen atoms in total. The minimum atomic E-state index is -0.473. The first-order chi connectivity index (χ1) is 9.04. The van der Waals surface area contributed by atoms with Crippen molar-refractivity contribution in [3.05, 3.63) is 32.8 Å². The summed E-state index contributed by atoms with van der Waals surface area (Å²) in [5.41, 5.74) is 1.63. The van der Waals surface area contributed by atoms with Gasteiger partial charge in [-0.3, -0.25) is 10.1 Å². The summed E-state index contributed by atoms with van der Waals surface area (Å²) in [5.74, 6) is 0. The lowest BCUT2D eigenvalue weighted by molar-refractivity contribution is -0.384. The summed E-state index contributed by atoms with van der Waals surface area (Å²) in [6.07, 6.45) is 3.09. The largest absolute Gasteiger partial charge is 0.394 e. The van der Waals surface area contributed by atoms with Crippen molar-refractivity contribution in [3.8, 4) is 0 Å². The topological polar surface area (TPSA) is 66.6 Å². The van der Waals surface area contributed by atoms with Gasteiger partial charge < -0.3 is 10.0 Å². The van der Waals surface area contributed by atoms with E-state index in [2.05, 4.69) is 4.90 Å². The summed E-state index contributed by atoms with van der Waals surface area (Å²) in [4.78, 5) is 12.5. The monoisotopic (exact) mass is 284 g/mol. The molecule has 0 amide bonds. The van der Waals surface area contributed by atoms with E-state index in [1.807, 2.05) is 6.92 Å². The number of hydrogen-bond acceptors (Lipinski definition) is 4. The molecule has 0 aliphatic carbocycles. The molecule has 6 heteroatoms. The quantitative estimate of drug-likeness (QED) is 0.684. The van der Waals surface area contributed by atoms with Gasteiger partial charge in [-0.25, -0.2) is 0 Å². The van der Waals surface area contributed by atoms with Gasteiger partial charge in [0.1, 0.15) is 5.02 Å².